The predicted octanol–water partition coefficient (Wildman–Crippen LogP) is 2.52. The standard InChI is InChI=1S/C15H18N2O/c16-12-14-8-4-5-11-17(14)15(18)10-9-13-6-2-1-3-7-13/h1-3,6-7,14H,4-5,8-11H2. The third kappa shape index (κ3) is 3.10. The molecule has 0 aromatic heterocycles. The smallest absolute Gasteiger partial charge is 0.223 e. The monoisotopic (exact) mass is 242 g/mol. The van der Waals surface area contributed by atoms with E-state index >= 15 is 0 Å². The lowest BCUT2D eigenvalue weighted by Crippen LogP contribution is -2.43. The number of hydrogen-bond donors (Lipinski definition) is 0. The summed E-state index contributed by atoms with van der Waals surface area (Å²) < 4.78 is 0. The van der Waals surface area contributed by atoms with Crippen molar-refractivity contribution in [2.24, 2.45) is 0 Å². The third-order valence-electron chi connectivity index (χ3n) is 3.44. The van der Waals surface area contributed by atoms with Gasteiger partial charge in [0.25, 0.3) is 0 Å². The van der Waals surface area contributed by atoms with Crippen LogP contribution in [0.25, 0.3) is 0 Å². The van der Waals surface area contributed by atoms with Crippen LogP contribution in [0.2, 0.25) is 0 Å². The van der Waals surface area contributed by atoms with Crippen molar-refractivity contribution >= 4 is 5.91 Å². The van der Waals surface area contributed by atoms with Crippen molar-refractivity contribution in [3.8, 4) is 6.07 Å². The molecule has 1 atom stereocenters. The van der Waals surface area contributed by atoms with E-state index in [-0.39, 0.29) is 11.9 Å². The molecule has 0 bridgehead atoms. The maximum absolute atomic E-state index is 12.1. The van der Waals surface area contributed by atoms with Crippen molar-refractivity contribution in [3.05, 3.63) is 35.9 Å². The van der Waals surface area contributed by atoms with Gasteiger partial charge < -0.3 is 4.90 Å². The Morgan fingerprint density at radius 2 is 2.11 bits per heavy atom. The molecule has 3 heteroatoms. The van der Waals surface area contributed by atoms with E-state index in [1.165, 1.54) is 5.56 Å². The summed E-state index contributed by atoms with van der Waals surface area (Å²) >= 11 is 0. The number of rotatable bonds is 3. The Balaban J connectivity index is 1.89. The van der Waals surface area contributed by atoms with Gasteiger partial charge in [-0.15, -0.1) is 0 Å². The molecule has 18 heavy (non-hydrogen) atoms. The molecule has 1 aromatic carbocycles. The van der Waals surface area contributed by atoms with Gasteiger partial charge in [-0.3, -0.25) is 4.79 Å². The highest BCUT2D eigenvalue weighted by Crippen LogP contribution is 2.18. The number of hydrogen-bond acceptors (Lipinski definition) is 2. The average molecular weight is 242 g/mol. The molecular formula is C15H18N2O. The molecule has 1 unspecified atom stereocenters. The lowest BCUT2D eigenvalue weighted by atomic mass is 10.0. The molecule has 0 spiro atoms. The molecule has 2 rings (SSSR count). The van der Waals surface area contributed by atoms with Gasteiger partial charge >= 0.3 is 0 Å². The van der Waals surface area contributed by atoms with Crippen molar-refractivity contribution in [2.75, 3.05) is 6.54 Å². The molecule has 1 heterocycles. The molecule has 0 radical (unpaired) electrons. The van der Waals surface area contributed by atoms with Crippen molar-refractivity contribution in [3.63, 3.8) is 0 Å². The molecule has 1 aliphatic rings. The number of piperidine rings is 1. The summed E-state index contributed by atoms with van der Waals surface area (Å²) in [6.07, 6.45) is 4.17. The van der Waals surface area contributed by atoms with E-state index in [2.05, 4.69) is 6.07 Å². The Morgan fingerprint density at radius 1 is 1.33 bits per heavy atom. The topological polar surface area (TPSA) is 44.1 Å². The van der Waals surface area contributed by atoms with Gasteiger partial charge in [0.15, 0.2) is 0 Å². The lowest BCUT2D eigenvalue weighted by molar-refractivity contribution is -0.133. The predicted molar refractivity (Wildman–Crippen MR) is 69.7 cm³/mol. The number of carbonyl (C=O) groups is 1. The number of likely N-dealkylation sites (tertiary alicyclic amines) is 1. The fourth-order valence-corrected chi connectivity index (χ4v) is 2.40. The van der Waals surface area contributed by atoms with E-state index in [9.17, 15) is 4.79 Å². The van der Waals surface area contributed by atoms with Crippen LogP contribution in [0.15, 0.2) is 30.3 Å². The summed E-state index contributed by atoms with van der Waals surface area (Å²) in [6.45, 7) is 0.742. The van der Waals surface area contributed by atoms with Gasteiger partial charge in [0.2, 0.25) is 5.91 Å². The van der Waals surface area contributed by atoms with Crippen molar-refractivity contribution in [2.45, 2.75) is 38.1 Å². The molecule has 0 aliphatic carbocycles. The van der Waals surface area contributed by atoms with E-state index in [0.717, 1.165) is 32.2 Å². The quantitative estimate of drug-likeness (QED) is 0.817. The molecule has 94 valence electrons. The zero-order chi connectivity index (χ0) is 12.8. The van der Waals surface area contributed by atoms with Crippen LogP contribution in [0.1, 0.15) is 31.2 Å². The molecule has 1 fully saturated rings. The second-order valence-corrected chi connectivity index (χ2v) is 4.71. The van der Waals surface area contributed by atoms with Gasteiger partial charge in [0.1, 0.15) is 6.04 Å². The Bertz CT molecular complexity index is 436. The van der Waals surface area contributed by atoms with Gasteiger partial charge in [-0.2, -0.15) is 5.26 Å². The second kappa shape index (κ2) is 6.20. The first-order valence-electron chi connectivity index (χ1n) is 6.54. The zero-order valence-corrected chi connectivity index (χ0v) is 10.5. The van der Waals surface area contributed by atoms with Crippen LogP contribution in [0.5, 0.6) is 0 Å². The maximum atomic E-state index is 12.1. The van der Waals surface area contributed by atoms with Crippen LogP contribution in [0, 0.1) is 11.3 Å². The normalized spacial score (nSPS) is 19.3. The number of aryl methyl sites for hydroxylation is 1. The average Bonchev–Trinajstić information content (AvgIpc) is 2.45. The second-order valence-electron chi connectivity index (χ2n) is 4.71. The largest absolute Gasteiger partial charge is 0.327 e. The summed E-state index contributed by atoms with van der Waals surface area (Å²) in [5, 5.41) is 9.05. The number of amides is 1. The lowest BCUT2D eigenvalue weighted by Gasteiger charge is -2.31. The third-order valence-corrected chi connectivity index (χ3v) is 3.44. The molecule has 1 aromatic rings. The van der Waals surface area contributed by atoms with Crippen molar-refractivity contribution in [1.29, 1.82) is 5.26 Å². The van der Waals surface area contributed by atoms with Crippen LogP contribution in [0.3, 0.4) is 0 Å². The van der Waals surface area contributed by atoms with Gasteiger partial charge in [0, 0.05) is 13.0 Å². The van der Waals surface area contributed by atoms with Crippen LogP contribution in [-0.2, 0) is 11.2 Å². The minimum atomic E-state index is -0.206. The Labute approximate surface area is 108 Å². The fraction of sp³-hybridized carbons (Fsp3) is 0.467. The molecular weight excluding hydrogens is 224 g/mol. The SMILES string of the molecule is N#CC1CCCCN1C(=O)CCc1ccccc1. The Kier molecular flexibility index (Phi) is 4.35. The highest BCUT2D eigenvalue weighted by molar-refractivity contribution is 5.77. The summed E-state index contributed by atoms with van der Waals surface area (Å²) in [6, 6.07) is 12.0. The number of nitriles is 1. The fourth-order valence-electron chi connectivity index (χ4n) is 2.40. The van der Waals surface area contributed by atoms with Gasteiger partial charge in [-0.1, -0.05) is 30.3 Å². The van der Waals surface area contributed by atoms with Crippen molar-refractivity contribution < 1.29 is 4.79 Å². The molecule has 1 saturated heterocycles. The van der Waals surface area contributed by atoms with Gasteiger partial charge in [0.05, 0.1) is 6.07 Å². The molecule has 0 saturated carbocycles. The van der Waals surface area contributed by atoms with E-state index in [0.29, 0.717) is 6.42 Å². The summed E-state index contributed by atoms with van der Waals surface area (Å²) in [4.78, 5) is 13.9. The minimum Gasteiger partial charge on any atom is -0.327 e. The first kappa shape index (κ1) is 12.6. The maximum Gasteiger partial charge on any atom is 0.223 e. The van der Waals surface area contributed by atoms with E-state index in [4.69, 9.17) is 5.26 Å². The highest BCUT2D eigenvalue weighted by atomic mass is 16.2. The van der Waals surface area contributed by atoms with Gasteiger partial charge in [-0.25, -0.2) is 0 Å². The van der Waals surface area contributed by atoms with Crippen molar-refractivity contribution in [1.82, 2.24) is 4.90 Å². The minimum absolute atomic E-state index is 0.116. The molecule has 0 N–H and O–H groups in total. The summed E-state index contributed by atoms with van der Waals surface area (Å²) in [5.74, 6) is 0.116. The number of benzene rings is 1. The summed E-state index contributed by atoms with van der Waals surface area (Å²) in [7, 11) is 0. The highest BCUT2D eigenvalue weighted by Gasteiger charge is 2.25. The van der Waals surface area contributed by atoms with E-state index in [1.807, 2.05) is 30.3 Å². The van der Waals surface area contributed by atoms with Crippen LogP contribution >= 0.6 is 0 Å². The molecule has 3 nitrogen and oxygen atoms in total. The first-order valence-corrected chi connectivity index (χ1v) is 6.54. The molecule has 1 amide bonds. The number of carbonyl (C=O) groups excluding carboxylic acids is 1. The first-order chi connectivity index (χ1) is 8.81. The van der Waals surface area contributed by atoms with E-state index < -0.39 is 0 Å². The molecule has 1 aliphatic heterocycles. The van der Waals surface area contributed by atoms with E-state index in [1.54, 1.807) is 4.90 Å². The Morgan fingerprint density at radius 3 is 2.83 bits per heavy atom. The van der Waals surface area contributed by atoms with Crippen LogP contribution in [0.4, 0.5) is 0 Å². The zero-order valence-electron chi connectivity index (χ0n) is 10.5. The van der Waals surface area contributed by atoms with Crippen LogP contribution < -0.4 is 0 Å². The van der Waals surface area contributed by atoms with Crippen LogP contribution in [-0.4, -0.2) is 23.4 Å². The Hall–Kier alpha value is -1.82. The number of nitrogens with zero attached hydrogens (tertiary/aromatic N) is 2. The summed E-state index contributed by atoms with van der Waals surface area (Å²) in [5.41, 5.74) is 1.18. The van der Waals surface area contributed by atoms with Gasteiger partial charge in [-0.05, 0) is 31.2 Å².